The van der Waals surface area contributed by atoms with Crippen LogP contribution in [0.4, 0.5) is 5.82 Å². The summed E-state index contributed by atoms with van der Waals surface area (Å²) in [6.07, 6.45) is 1.51. The van der Waals surface area contributed by atoms with E-state index in [1.165, 1.54) is 10.7 Å². The van der Waals surface area contributed by atoms with Crippen molar-refractivity contribution in [2.75, 3.05) is 51.2 Å². The second kappa shape index (κ2) is 5.59. The highest BCUT2D eigenvalue weighted by molar-refractivity contribution is 5.49. The molecule has 0 spiro atoms. The molecule has 3 heterocycles. The number of piperazine rings is 1. The summed E-state index contributed by atoms with van der Waals surface area (Å²) in [5.41, 5.74) is 0.330. The standard InChI is InChI=1S/C12H19N7O/c1-17(6-7-18-4-2-13-3-5-18)10-8-11-15-16-12(20)19(11)9-14-10/h8-9,13H,2-7H2,1H3,(H,16,20). The Balaban J connectivity index is 1.65. The zero-order chi connectivity index (χ0) is 13.9. The first-order chi connectivity index (χ1) is 9.74. The number of hydrogen-bond donors (Lipinski definition) is 2. The summed E-state index contributed by atoms with van der Waals surface area (Å²) in [6.45, 7) is 6.22. The van der Waals surface area contributed by atoms with Crippen molar-refractivity contribution in [3.8, 4) is 0 Å². The summed E-state index contributed by atoms with van der Waals surface area (Å²) < 4.78 is 1.40. The van der Waals surface area contributed by atoms with Crippen molar-refractivity contribution in [1.29, 1.82) is 0 Å². The molecule has 0 unspecified atom stereocenters. The second-order valence-corrected chi connectivity index (χ2v) is 5.02. The first kappa shape index (κ1) is 13.1. The van der Waals surface area contributed by atoms with Gasteiger partial charge < -0.3 is 10.2 Å². The fourth-order valence-electron chi connectivity index (χ4n) is 2.35. The number of likely N-dealkylation sites (N-methyl/N-ethyl adjacent to an activating group) is 1. The number of aromatic amines is 1. The highest BCUT2D eigenvalue weighted by Crippen LogP contribution is 2.09. The highest BCUT2D eigenvalue weighted by Gasteiger charge is 2.11. The molecular weight excluding hydrogens is 258 g/mol. The van der Waals surface area contributed by atoms with E-state index in [0.29, 0.717) is 5.65 Å². The SMILES string of the molecule is CN(CCN1CCNCC1)c1cc2n[nH]c(=O)n2cn1. The van der Waals surface area contributed by atoms with Crippen LogP contribution in [0.3, 0.4) is 0 Å². The number of H-pyrrole nitrogens is 1. The van der Waals surface area contributed by atoms with Crippen LogP contribution >= 0.6 is 0 Å². The Bertz CT molecular complexity index is 628. The number of rotatable bonds is 4. The number of nitrogens with zero attached hydrogens (tertiary/aromatic N) is 5. The molecule has 1 fully saturated rings. The van der Waals surface area contributed by atoms with Gasteiger partial charge in [0.05, 0.1) is 0 Å². The first-order valence-corrected chi connectivity index (χ1v) is 6.81. The van der Waals surface area contributed by atoms with Gasteiger partial charge in [0, 0.05) is 52.4 Å². The Labute approximate surface area is 116 Å². The molecular formula is C12H19N7O. The van der Waals surface area contributed by atoms with Crippen LogP contribution in [0.5, 0.6) is 0 Å². The third kappa shape index (κ3) is 2.66. The molecule has 0 amide bonds. The van der Waals surface area contributed by atoms with E-state index in [0.717, 1.165) is 45.1 Å². The minimum atomic E-state index is -0.262. The van der Waals surface area contributed by atoms with Crippen LogP contribution in [0.15, 0.2) is 17.2 Å². The van der Waals surface area contributed by atoms with Crippen LogP contribution in [-0.4, -0.2) is 70.8 Å². The lowest BCUT2D eigenvalue weighted by molar-refractivity contribution is 0.246. The van der Waals surface area contributed by atoms with Crippen molar-refractivity contribution in [1.82, 2.24) is 29.8 Å². The molecule has 1 aliphatic heterocycles. The summed E-state index contributed by atoms with van der Waals surface area (Å²) in [5, 5.41) is 9.71. The van der Waals surface area contributed by atoms with E-state index in [4.69, 9.17) is 0 Å². The van der Waals surface area contributed by atoms with Crippen molar-refractivity contribution >= 4 is 11.5 Å². The predicted octanol–water partition coefficient (Wildman–Crippen LogP) is -1.24. The molecule has 1 saturated heterocycles. The van der Waals surface area contributed by atoms with E-state index in [2.05, 4.69) is 30.3 Å². The smallest absolute Gasteiger partial charge is 0.348 e. The van der Waals surface area contributed by atoms with Crippen LogP contribution in [0.1, 0.15) is 0 Å². The minimum Gasteiger partial charge on any atom is -0.358 e. The van der Waals surface area contributed by atoms with E-state index >= 15 is 0 Å². The fraction of sp³-hybridized carbons (Fsp3) is 0.583. The van der Waals surface area contributed by atoms with Gasteiger partial charge >= 0.3 is 5.69 Å². The van der Waals surface area contributed by atoms with Crippen LogP contribution in [0.25, 0.3) is 5.65 Å². The van der Waals surface area contributed by atoms with Gasteiger partial charge in [-0.15, -0.1) is 0 Å². The van der Waals surface area contributed by atoms with E-state index < -0.39 is 0 Å². The molecule has 0 aliphatic carbocycles. The lowest BCUT2D eigenvalue weighted by Crippen LogP contribution is -2.46. The molecule has 0 saturated carbocycles. The minimum absolute atomic E-state index is 0.262. The predicted molar refractivity (Wildman–Crippen MR) is 76.2 cm³/mol. The van der Waals surface area contributed by atoms with Gasteiger partial charge in [0.15, 0.2) is 5.65 Å². The molecule has 2 aromatic heterocycles. The van der Waals surface area contributed by atoms with Gasteiger partial charge in [-0.05, 0) is 0 Å². The Hall–Kier alpha value is -1.93. The maximum atomic E-state index is 11.4. The van der Waals surface area contributed by atoms with E-state index in [-0.39, 0.29) is 5.69 Å². The molecule has 0 bridgehead atoms. The lowest BCUT2D eigenvalue weighted by atomic mass is 10.3. The van der Waals surface area contributed by atoms with E-state index in [1.54, 1.807) is 0 Å². The molecule has 108 valence electrons. The normalized spacial score (nSPS) is 16.6. The second-order valence-electron chi connectivity index (χ2n) is 5.02. The Kier molecular flexibility index (Phi) is 3.66. The van der Waals surface area contributed by atoms with Gasteiger partial charge in [-0.3, -0.25) is 4.90 Å². The number of aromatic nitrogens is 4. The Morgan fingerprint density at radius 2 is 2.20 bits per heavy atom. The van der Waals surface area contributed by atoms with Gasteiger partial charge in [-0.25, -0.2) is 19.3 Å². The van der Waals surface area contributed by atoms with Gasteiger partial charge in [-0.1, -0.05) is 0 Å². The van der Waals surface area contributed by atoms with Gasteiger partial charge in [0.1, 0.15) is 12.1 Å². The average molecular weight is 277 g/mol. The van der Waals surface area contributed by atoms with Gasteiger partial charge in [0.25, 0.3) is 0 Å². The molecule has 3 rings (SSSR count). The topological polar surface area (TPSA) is 81.6 Å². The van der Waals surface area contributed by atoms with Crippen molar-refractivity contribution in [2.45, 2.75) is 0 Å². The third-order valence-electron chi connectivity index (χ3n) is 3.65. The van der Waals surface area contributed by atoms with Crippen molar-refractivity contribution < 1.29 is 0 Å². The number of nitrogens with one attached hydrogen (secondary N) is 2. The van der Waals surface area contributed by atoms with Gasteiger partial charge in [-0.2, -0.15) is 5.10 Å². The molecule has 1 aliphatic rings. The molecule has 0 atom stereocenters. The quantitative estimate of drug-likeness (QED) is 0.727. The highest BCUT2D eigenvalue weighted by atomic mass is 16.1. The van der Waals surface area contributed by atoms with Crippen LogP contribution in [-0.2, 0) is 0 Å². The number of fused-ring (bicyclic) bond motifs is 1. The average Bonchev–Trinajstić information content (AvgIpc) is 2.87. The third-order valence-corrected chi connectivity index (χ3v) is 3.65. The molecule has 0 aromatic carbocycles. The maximum absolute atomic E-state index is 11.4. The maximum Gasteiger partial charge on any atom is 0.348 e. The van der Waals surface area contributed by atoms with Crippen molar-refractivity contribution in [3.63, 3.8) is 0 Å². The molecule has 2 N–H and O–H groups in total. The lowest BCUT2D eigenvalue weighted by Gasteiger charge is -2.29. The summed E-state index contributed by atoms with van der Waals surface area (Å²) in [5.74, 6) is 0.826. The Morgan fingerprint density at radius 1 is 1.40 bits per heavy atom. The number of hydrogen-bond acceptors (Lipinski definition) is 6. The fourth-order valence-corrected chi connectivity index (χ4v) is 2.35. The largest absolute Gasteiger partial charge is 0.358 e. The Morgan fingerprint density at radius 3 is 3.00 bits per heavy atom. The van der Waals surface area contributed by atoms with Crippen LogP contribution < -0.4 is 15.9 Å². The monoisotopic (exact) mass is 277 g/mol. The van der Waals surface area contributed by atoms with Crippen molar-refractivity contribution in [2.24, 2.45) is 0 Å². The molecule has 0 radical (unpaired) electrons. The zero-order valence-corrected chi connectivity index (χ0v) is 11.5. The van der Waals surface area contributed by atoms with Gasteiger partial charge in [0.2, 0.25) is 0 Å². The summed E-state index contributed by atoms with van der Waals surface area (Å²) in [4.78, 5) is 20.2. The zero-order valence-electron chi connectivity index (χ0n) is 11.5. The molecule has 20 heavy (non-hydrogen) atoms. The summed E-state index contributed by atoms with van der Waals surface area (Å²) in [6, 6.07) is 1.82. The molecule has 2 aromatic rings. The van der Waals surface area contributed by atoms with Crippen LogP contribution in [0, 0.1) is 0 Å². The van der Waals surface area contributed by atoms with Crippen molar-refractivity contribution in [3.05, 3.63) is 22.9 Å². The molecule has 8 nitrogen and oxygen atoms in total. The number of anilines is 1. The first-order valence-electron chi connectivity index (χ1n) is 6.81. The molecule has 8 heteroatoms. The van der Waals surface area contributed by atoms with E-state index in [1.807, 2.05) is 13.1 Å². The van der Waals surface area contributed by atoms with E-state index in [9.17, 15) is 4.79 Å². The summed E-state index contributed by atoms with van der Waals surface area (Å²) >= 11 is 0. The van der Waals surface area contributed by atoms with Crippen LogP contribution in [0.2, 0.25) is 0 Å². The summed E-state index contributed by atoms with van der Waals surface area (Å²) in [7, 11) is 2.01.